The van der Waals surface area contributed by atoms with Crippen molar-refractivity contribution in [3.63, 3.8) is 0 Å². The Kier molecular flexibility index (Phi) is 4.97. The summed E-state index contributed by atoms with van der Waals surface area (Å²) in [7, 11) is 0. The van der Waals surface area contributed by atoms with E-state index in [1.54, 1.807) is 0 Å². The van der Waals surface area contributed by atoms with Crippen molar-refractivity contribution >= 4 is 23.4 Å². The molecule has 0 radical (unpaired) electrons. The number of carbonyl (C=O) groups is 3. The van der Waals surface area contributed by atoms with Gasteiger partial charge in [-0.25, -0.2) is 0 Å². The molecular weight excluding hydrogens is 388 g/mol. The second kappa shape index (κ2) is 7.80. The normalized spacial score (nSPS) is 27.3. The summed E-state index contributed by atoms with van der Waals surface area (Å²) in [5.74, 6) is -1.12. The molecule has 5 nitrogen and oxygen atoms in total. The molecule has 158 valence electrons. The zero-order valence-electron chi connectivity index (χ0n) is 17.5. The number of hydrogen-bond donors (Lipinski definition) is 1. The van der Waals surface area contributed by atoms with E-state index < -0.39 is 6.04 Å². The molecule has 4 aliphatic rings. The third kappa shape index (κ3) is 3.48. The quantitative estimate of drug-likeness (QED) is 0.599. The van der Waals surface area contributed by atoms with Crippen molar-refractivity contribution in [2.45, 2.75) is 32.2 Å². The highest BCUT2D eigenvalue weighted by Crippen LogP contribution is 2.50. The predicted octanol–water partition coefficient (Wildman–Crippen LogP) is 3.74. The van der Waals surface area contributed by atoms with Gasteiger partial charge in [-0.15, -0.1) is 0 Å². The molecule has 5 atom stereocenters. The van der Waals surface area contributed by atoms with E-state index in [0.717, 1.165) is 24.0 Å². The Bertz CT molecular complexity index is 1010. The molecule has 1 saturated carbocycles. The van der Waals surface area contributed by atoms with Gasteiger partial charge in [0.05, 0.1) is 11.8 Å². The van der Waals surface area contributed by atoms with Crippen LogP contribution in [0.2, 0.25) is 0 Å². The number of benzene rings is 2. The largest absolute Gasteiger partial charge is 0.324 e. The Morgan fingerprint density at radius 1 is 0.935 bits per heavy atom. The van der Waals surface area contributed by atoms with Crippen molar-refractivity contribution in [1.82, 2.24) is 4.90 Å². The highest BCUT2D eigenvalue weighted by molar-refractivity contribution is 6.10. The lowest BCUT2D eigenvalue weighted by molar-refractivity contribution is -0.146. The minimum atomic E-state index is -0.867. The molecule has 2 aromatic carbocycles. The number of nitrogens with zero attached hydrogens (tertiary/aromatic N) is 1. The zero-order valence-corrected chi connectivity index (χ0v) is 17.5. The number of fused-ring (bicyclic) bond motifs is 1. The fraction of sp³-hybridized carbons (Fsp3) is 0.346. The third-order valence-electron chi connectivity index (χ3n) is 7.00. The molecule has 5 heteroatoms. The molecule has 31 heavy (non-hydrogen) atoms. The van der Waals surface area contributed by atoms with Gasteiger partial charge in [0.15, 0.2) is 0 Å². The van der Waals surface area contributed by atoms with E-state index in [0.29, 0.717) is 12.1 Å². The SMILES string of the molecule is Cc1ccc(NC(=O)[C@H](Cc2ccccc2)N2C(=O)[C@@H]3[C@H](C2=O)[C@H]2C=C[C@H]3CC2)cc1. The van der Waals surface area contributed by atoms with Crippen molar-refractivity contribution in [3.05, 3.63) is 77.9 Å². The van der Waals surface area contributed by atoms with Gasteiger partial charge in [0, 0.05) is 12.1 Å². The Balaban J connectivity index is 1.46. The first kappa shape index (κ1) is 19.7. The fourth-order valence-electron chi connectivity index (χ4n) is 5.41. The molecule has 0 spiro atoms. The molecule has 2 fully saturated rings. The van der Waals surface area contributed by atoms with E-state index in [1.165, 1.54) is 4.90 Å². The van der Waals surface area contributed by atoms with Crippen LogP contribution in [0.1, 0.15) is 24.0 Å². The number of aryl methyl sites for hydroxylation is 1. The highest BCUT2D eigenvalue weighted by atomic mass is 16.2. The van der Waals surface area contributed by atoms with Crippen LogP contribution in [0.4, 0.5) is 5.69 Å². The average Bonchev–Trinajstić information content (AvgIpc) is 3.07. The minimum absolute atomic E-state index is 0.106. The summed E-state index contributed by atoms with van der Waals surface area (Å²) in [4.78, 5) is 41.6. The molecule has 1 heterocycles. The molecule has 2 aromatic rings. The van der Waals surface area contributed by atoms with Gasteiger partial charge >= 0.3 is 0 Å². The van der Waals surface area contributed by atoms with E-state index in [-0.39, 0.29) is 41.4 Å². The summed E-state index contributed by atoms with van der Waals surface area (Å²) >= 11 is 0. The topological polar surface area (TPSA) is 66.5 Å². The number of nitrogens with one attached hydrogen (secondary N) is 1. The average molecular weight is 415 g/mol. The smallest absolute Gasteiger partial charge is 0.248 e. The monoisotopic (exact) mass is 414 g/mol. The van der Waals surface area contributed by atoms with Crippen LogP contribution in [0.15, 0.2) is 66.7 Å². The van der Waals surface area contributed by atoms with Crippen molar-refractivity contribution in [2.75, 3.05) is 5.32 Å². The standard InChI is InChI=1S/C26H26N2O3/c1-16-7-13-20(14-8-16)27-24(29)21(15-17-5-3-2-4-6-17)28-25(30)22-18-9-10-19(12-11-18)23(22)26(28)31/h2-10,13-14,18-19,21-23H,11-12,15H2,1H3,(H,27,29)/t18-,19-,21-,22-,23+/m0/s1. The summed E-state index contributed by atoms with van der Waals surface area (Å²) < 4.78 is 0. The van der Waals surface area contributed by atoms with Crippen LogP contribution in [0.3, 0.4) is 0 Å². The first-order valence-corrected chi connectivity index (χ1v) is 11.0. The third-order valence-corrected chi connectivity index (χ3v) is 7.00. The van der Waals surface area contributed by atoms with E-state index in [4.69, 9.17) is 0 Å². The van der Waals surface area contributed by atoms with Crippen LogP contribution < -0.4 is 5.32 Å². The van der Waals surface area contributed by atoms with E-state index in [9.17, 15) is 14.4 Å². The van der Waals surface area contributed by atoms with E-state index in [2.05, 4.69) is 17.5 Å². The number of hydrogen-bond acceptors (Lipinski definition) is 3. The van der Waals surface area contributed by atoms with Gasteiger partial charge in [0.25, 0.3) is 0 Å². The van der Waals surface area contributed by atoms with Crippen molar-refractivity contribution in [1.29, 1.82) is 0 Å². The van der Waals surface area contributed by atoms with Crippen LogP contribution in [0, 0.1) is 30.6 Å². The lowest BCUT2D eigenvalue weighted by Crippen LogP contribution is -2.49. The lowest BCUT2D eigenvalue weighted by Gasteiger charge is -2.38. The first-order valence-electron chi connectivity index (χ1n) is 11.0. The molecule has 1 saturated heterocycles. The first-order chi connectivity index (χ1) is 15.0. The molecule has 0 unspecified atom stereocenters. The maximum atomic E-state index is 13.5. The minimum Gasteiger partial charge on any atom is -0.324 e. The second-order valence-electron chi connectivity index (χ2n) is 8.95. The van der Waals surface area contributed by atoms with Gasteiger partial charge in [0.2, 0.25) is 17.7 Å². The molecule has 0 aromatic heterocycles. The molecule has 1 aliphatic heterocycles. The van der Waals surface area contributed by atoms with Crippen molar-refractivity contribution in [3.8, 4) is 0 Å². The van der Waals surface area contributed by atoms with Gasteiger partial charge in [-0.05, 0) is 49.3 Å². The Hall–Kier alpha value is -3.21. The maximum absolute atomic E-state index is 13.5. The Labute approximate surface area is 182 Å². The van der Waals surface area contributed by atoms with Gasteiger partial charge in [-0.2, -0.15) is 0 Å². The van der Waals surface area contributed by atoms with Crippen LogP contribution >= 0.6 is 0 Å². The number of rotatable bonds is 5. The predicted molar refractivity (Wildman–Crippen MR) is 118 cm³/mol. The number of anilines is 1. The number of amides is 3. The maximum Gasteiger partial charge on any atom is 0.248 e. The molecule has 3 aliphatic carbocycles. The molecular formula is C26H26N2O3. The highest BCUT2D eigenvalue weighted by Gasteiger charge is 2.58. The molecule has 6 rings (SSSR count). The fourth-order valence-corrected chi connectivity index (χ4v) is 5.41. The van der Waals surface area contributed by atoms with Crippen LogP contribution in [-0.2, 0) is 20.8 Å². The Morgan fingerprint density at radius 3 is 2.06 bits per heavy atom. The van der Waals surface area contributed by atoms with Crippen molar-refractivity contribution in [2.24, 2.45) is 23.7 Å². The van der Waals surface area contributed by atoms with Crippen LogP contribution in [0.5, 0.6) is 0 Å². The van der Waals surface area contributed by atoms with E-state index in [1.807, 2.05) is 61.5 Å². The number of likely N-dealkylation sites (tertiary alicyclic amines) is 1. The second-order valence-corrected chi connectivity index (χ2v) is 8.95. The van der Waals surface area contributed by atoms with Crippen LogP contribution in [-0.4, -0.2) is 28.7 Å². The number of allylic oxidation sites excluding steroid dienone is 2. The molecule has 1 N–H and O–H groups in total. The van der Waals surface area contributed by atoms with Crippen LogP contribution in [0.25, 0.3) is 0 Å². The lowest BCUT2D eigenvalue weighted by atomic mass is 9.63. The summed E-state index contributed by atoms with van der Waals surface area (Å²) in [5.41, 5.74) is 2.67. The summed E-state index contributed by atoms with van der Waals surface area (Å²) in [6.45, 7) is 1.98. The van der Waals surface area contributed by atoms with E-state index >= 15 is 0 Å². The number of carbonyl (C=O) groups excluding carboxylic acids is 3. The van der Waals surface area contributed by atoms with Gasteiger partial charge in [-0.1, -0.05) is 60.2 Å². The summed E-state index contributed by atoms with van der Waals surface area (Å²) in [6, 6.07) is 16.2. The van der Waals surface area contributed by atoms with Gasteiger partial charge < -0.3 is 5.32 Å². The molecule has 3 amide bonds. The Morgan fingerprint density at radius 2 is 1.52 bits per heavy atom. The molecule has 2 bridgehead atoms. The van der Waals surface area contributed by atoms with Gasteiger partial charge in [0.1, 0.15) is 6.04 Å². The summed E-state index contributed by atoms with van der Waals surface area (Å²) in [5, 5.41) is 2.93. The number of imide groups is 1. The van der Waals surface area contributed by atoms with Gasteiger partial charge in [-0.3, -0.25) is 19.3 Å². The van der Waals surface area contributed by atoms with Crippen molar-refractivity contribution < 1.29 is 14.4 Å². The summed E-state index contributed by atoms with van der Waals surface area (Å²) in [6.07, 6.45) is 6.38. The zero-order chi connectivity index (χ0) is 21.5.